The molecular weight excluding hydrogens is 184 g/mol. The van der Waals surface area contributed by atoms with Crippen molar-refractivity contribution in [3.8, 4) is 0 Å². The van der Waals surface area contributed by atoms with Gasteiger partial charge in [0, 0.05) is 12.5 Å². The van der Waals surface area contributed by atoms with Crippen molar-refractivity contribution >= 4 is 12.4 Å². The van der Waals surface area contributed by atoms with E-state index in [-0.39, 0.29) is 6.47 Å². The first-order chi connectivity index (χ1) is 6.74. The van der Waals surface area contributed by atoms with Gasteiger partial charge in [0.25, 0.3) is 12.8 Å². The molecule has 0 N–H and O–H groups in total. The Bertz CT molecular complexity index is 307. The normalized spacial score (nSPS) is 11.5. The molecule has 0 aromatic heterocycles. The summed E-state index contributed by atoms with van der Waals surface area (Å²) in [6, 6.07) is 8.75. The van der Waals surface area contributed by atoms with E-state index < -0.39 is 12.3 Å². The van der Waals surface area contributed by atoms with Gasteiger partial charge in [-0.2, -0.15) is 0 Å². The van der Waals surface area contributed by atoms with Crippen LogP contribution in [0.5, 0.6) is 0 Å². The largest absolute Gasteiger partial charge is 0.423 e. The molecule has 1 atom stereocenters. The first kappa shape index (κ1) is 10.2. The van der Waals surface area contributed by atoms with Crippen LogP contribution in [0.25, 0.3) is 0 Å². The quantitative estimate of drug-likeness (QED) is 0.413. The van der Waals surface area contributed by atoms with E-state index >= 15 is 0 Å². The monoisotopic (exact) mass is 194 g/mol. The van der Waals surface area contributed by atoms with Crippen molar-refractivity contribution in [3.63, 3.8) is 0 Å². The summed E-state index contributed by atoms with van der Waals surface area (Å²) in [7, 11) is 0. The molecule has 74 valence electrons. The highest BCUT2D eigenvalue weighted by molar-refractivity contribution is 5.66. The Morgan fingerprint density at radius 3 is 2.50 bits per heavy atom. The molecule has 0 saturated carbocycles. The highest BCUT2D eigenvalue weighted by atomic mass is 16.7. The van der Waals surface area contributed by atoms with Crippen molar-refractivity contribution in [1.82, 2.24) is 0 Å². The number of carbonyl (C=O) groups is 2. The number of esters is 1. The molecule has 0 spiro atoms. The van der Waals surface area contributed by atoms with Gasteiger partial charge >= 0.3 is 5.97 Å². The summed E-state index contributed by atoms with van der Waals surface area (Å²) in [5.41, 5.74) is 0.620. The van der Waals surface area contributed by atoms with E-state index in [1.165, 1.54) is 6.92 Å². The van der Waals surface area contributed by atoms with Crippen molar-refractivity contribution in [2.75, 3.05) is 0 Å². The van der Waals surface area contributed by atoms with Gasteiger partial charge in [-0.15, -0.1) is 0 Å². The molecule has 0 aliphatic carbocycles. The van der Waals surface area contributed by atoms with Crippen molar-refractivity contribution in [2.45, 2.75) is 13.2 Å². The highest BCUT2D eigenvalue weighted by Crippen LogP contribution is 2.17. The predicted molar refractivity (Wildman–Crippen MR) is 48.1 cm³/mol. The molecule has 0 aliphatic rings. The molecular formula is C10H10O4. The van der Waals surface area contributed by atoms with Gasteiger partial charge < -0.3 is 9.47 Å². The van der Waals surface area contributed by atoms with E-state index in [9.17, 15) is 9.59 Å². The number of carbonyl (C=O) groups excluding carboxylic acids is 2. The first-order valence-corrected chi connectivity index (χ1v) is 4.05. The fourth-order valence-corrected chi connectivity index (χ4v) is 0.986. The van der Waals surface area contributed by atoms with Gasteiger partial charge in [-0.05, 0) is 0 Å². The third-order valence-electron chi connectivity index (χ3n) is 1.52. The first-order valence-electron chi connectivity index (χ1n) is 4.05. The van der Waals surface area contributed by atoms with Crippen molar-refractivity contribution in [2.24, 2.45) is 0 Å². The second kappa shape index (κ2) is 5.01. The zero-order valence-corrected chi connectivity index (χ0v) is 7.67. The summed E-state index contributed by atoms with van der Waals surface area (Å²) < 4.78 is 9.40. The molecule has 4 nitrogen and oxygen atoms in total. The van der Waals surface area contributed by atoms with E-state index in [1.807, 2.05) is 6.07 Å². The lowest BCUT2D eigenvalue weighted by atomic mass is 10.2. The molecule has 0 bridgehead atoms. The van der Waals surface area contributed by atoms with Crippen LogP contribution in [-0.4, -0.2) is 12.4 Å². The van der Waals surface area contributed by atoms with Crippen LogP contribution in [0.15, 0.2) is 30.3 Å². The lowest BCUT2D eigenvalue weighted by Gasteiger charge is -2.14. The fraction of sp³-hybridized carbons (Fsp3) is 0.200. The highest BCUT2D eigenvalue weighted by Gasteiger charge is 2.14. The van der Waals surface area contributed by atoms with E-state index in [0.29, 0.717) is 5.56 Å². The fourth-order valence-electron chi connectivity index (χ4n) is 0.986. The van der Waals surface area contributed by atoms with Gasteiger partial charge in [-0.3, -0.25) is 9.59 Å². The molecule has 0 saturated heterocycles. The summed E-state index contributed by atoms with van der Waals surface area (Å²) in [6.45, 7) is 1.50. The molecule has 0 heterocycles. The van der Waals surface area contributed by atoms with Crippen molar-refractivity contribution in [1.29, 1.82) is 0 Å². The predicted octanol–water partition coefficient (Wildman–Crippen LogP) is 1.42. The number of benzene rings is 1. The van der Waals surface area contributed by atoms with Crippen molar-refractivity contribution in [3.05, 3.63) is 35.9 Å². The maximum absolute atomic E-state index is 10.7. The molecule has 1 unspecified atom stereocenters. The van der Waals surface area contributed by atoms with Crippen LogP contribution < -0.4 is 0 Å². The van der Waals surface area contributed by atoms with Crippen LogP contribution in [0.1, 0.15) is 18.8 Å². The van der Waals surface area contributed by atoms with E-state index in [0.717, 1.165) is 0 Å². The number of hydrogen-bond acceptors (Lipinski definition) is 4. The number of ether oxygens (including phenoxy) is 2. The molecule has 1 aromatic rings. The average Bonchev–Trinajstić information content (AvgIpc) is 2.18. The van der Waals surface area contributed by atoms with Gasteiger partial charge in [0.05, 0.1) is 0 Å². The number of hydrogen-bond donors (Lipinski definition) is 0. The van der Waals surface area contributed by atoms with Crippen LogP contribution in [0, 0.1) is 0 Å². The second-order valence-electron chi connectivity index (χ2n) is 2.58. The molecule has 14 heavy (non-hydrogen) atoms. The summed E-state index contributed by atoms with van der Waals surface area (Å²) in [5.74, 6) is -0.499. The van der Waals surface area contributed by atoms with E-state index in [1.54, 1.807) is 24.3 Å². The van der Waals surface area contributed by atoms with Crippen LogP contribution in [0.2, 0.25) is 0 Å². The maximum Gasteiger partial charge on any atom is 0.305 e. The Hall–Kier alpha value is -1.84. The SMILES string of the molecule is CC(=O)OC(OC=O)c1ccccc1. The van der Waals surface area contributed by atoms with Gasteiger partial charge in [-0.1, -0.05) is 30.3 Å². The minimum Gasteiger partial charge on any atom is -0.423 e. The van der Waals surface area contributed by atoms with Crippen LogP contribution in [-0.2, 0) is 19.1 Å². The minimum absolute atomic E-state index is 0.251. The Morgan fingerprint density at radius 1 is 1.36 bits per heavy atom. The standard InChI is InChI=1S/C10H10O4/c1-8(12)14-10(13-7-11)9-5-3-2-4-6-9/h2-7,10H,1H3. The van der Waals surface area contributed by atoms with Crippen LogP contribution in [0.3, 0.4) is 0 Å². The molecule has 4 heteroatoms. The van der Waals surface area contributed by atoms with E-state index in [2.05, 4.69) is 4.74 Å². The third kappa shape index (κ3) is 2.90. The lowest BCUT2D eigenvalue weighted by molar-refractivity contribution is -0.179. The van der Waals surface area contributed by atoms with E-state index in [4.69, 9.17) is 4.74 Å². The number of rotatable bonds is 4. The van der Waals surface area contributed by atoms with Gasteiger partial charge in [0.2, 0.25) is 0 Å². The zero-order chi connectivity index (χ0) is 10.4. The van der Waals surface area contributed by atoms with Crippen LogP contribution in [0.4, 0.5) is 0 Å². The molecule has 0 aliphatic heterocycles. The van der Waals surface area contributed by atoms with Crippen LogP contribution >= 0.6 is 0 Å². The van der Waals surface area contributed by atoms with Gasteiger partial charge in [0.1, 0.15) is 0 Å². The molecule has 0 fully saturated rings. The summed E-state index contributed by atoms with van der Waals surface area (Å²) in [4.78, 5) is 20.8. The maximum atomic E-state index is 10.7. The topological polar surface area (TPSA) is 52.6 Å². The molecule has 1 aromatic carbocycles. The summed E-state index contributed by atoms with van der Waals surface area (Å²) in [5, 5.41) is 0. The summed E-state index contributed by atoms with van der Waals surface area (Å²) in [6.07, 6.45) is -0.953. The lowest BCUT2D eigenvalue weighted by Crippen LogP contribution is -2.11. The smallest absolute Gasteiger partial charge is 0.305 e. The Kier molecular flexibility index (Phi) is 3.67. The molecule has 0 amide bonds. The van der Waals surface area contributed by atoms with Crippen molar-refractivity contribution < 1.29 is 19.1 Å². The Balaban J connectivity index is 2.77. The third-order valence-corrected chi connectivity index (χ3v) is 1.52. The Labute approximate surface area is 81.4 Å². The van der Waals surface area contributed by atoms with Gasteiger partial charge in [0.15, 0.2) is 0 Å². The zero-order valence-electron chi connectivity index (χ0n) is 7.67. The Morgan fingerprint density at radius 2 is 2.00 bits per heavy atom. The summed E-state index contributed by atoms with van der Waals surface area (Å²) >= 11 is 0. The van der Waals surface area contributed by atoms with Gasteiger partial charge in [-0.25, -0.2) is 0 Å². The average molecular weight is 194 g/mol. The second-order valence-corrected chi connectivity index (χ2v) is 2.58. The molecule has 0 radical (unpaired) electrons. The minimum atomic E-state index is -0.953. The molecule has 1 rings (SSSR count).